The average Bonchev–Trinajstić information content (AvgIpc) is 3.09. The van der Waals surface area contributed by atoms with Crippen molar-refractivity contribution in [1.82, 2.24) is 19.8 Å². The van der Waals surface area contributed by atoms with Gasteiger partial charge >= 0.3 is 5.97 Å². The number of hydrogen-bond donors (Lipinski definition) is 1. The maximum atomic E-state index is 11.2. The summed E-state index contributed by atoms with van der Waals surface area (Å²) in [5.41, 5.74) is 0.840. The minimum absolute atomic E-state index is 0.220. The van der Waals surface area contributed by atoms with Gasteiger partial charge in [0.05, 0.1) is 5.69 Å². The summed E-state index contributed by atoms with van der Waals surface area (Å²) in [5, 5.41) is 9.16. The van der Waals surface area contributed by atoms with Crippen molar-refractivity contribution in [2.75, 3.05) is 26.2 Å². The van der Waals surface area contributed by atoms with Crippen molar-refractivity contribution in [3.8, 4) is 0 Å². The summed E-state index contributed by atoms with van der Waals surface area (Å²) in [5.74, 6) is -0.948. The molecule has 6 nitrogen and oxygen atoms in total. The summed E-state index contributed by atoms with van der Waals surface area (Å²) in [6, 6.07) is 0.632. The fourth-order valence-electron chi connectivity index (χ4n) is 3.23. The second-order valence-electron chi connectivity index (χ2n) is 5.61. The van der Waals surface area contributed by atoms with E-state index in [1.54, 1.807) is 0 Å². The van der Waals surface area contributed by atoms with Crippen molar-refractivity contribution in [2.45, 2.75) is 31.8 Å². The molecule has 108 valence electrons. The number of carboxylic acid groups (broad SMARTS) is 1. The zero-order valence-corrected chi connectivity index (χ0v) is 11.5. The predicted octanol–water partition coefficient (Wildman–Crippen LogP) is 0.845. The lowest BCUT2D eigenvalue weighted by Crippen LogP contribution is -2.35. The molecule has 1 aromatic heterocycles. The number of carbonyl (C=O) groups is 1. The van der Waals surface area contributed by atoms with Gasteiger partial charge in [0.25, 0.3) is 0 Å². The van der Waals surface area contributed by atoms with Crippen LogP contribution >= 0.6 is 0 Å². The summed E-state index contributed by atoms with van der Waals surface area (Å²) >= 11 is 0. The van der Waals surface area contributed by atoms with Crippen molar-refractivity contribution in [3.63, 3.8) is 0 Å². The second kappa shape index (κ2) is 5.85. The highest BCUT2D eigenvalue weighted by Crippen LogP contribution is 2.21. The molecule has 6 heteroatoms. The highest BCUT2D eigenvalue weighted by Gasteiger charge is 2.29. The Kier molecular flexibility index (Phi) is 3.93. The third kappa shape index (κ3) is 2.81. The summed E-state index contributed by atoms with van der Waals surface area (Å²) < 4.78 is 0. The third-order valence-electron chi connectivity index (χ3n) is 4.30. The van der Waals surface area contributed by atoms with Gasteiger partial charge in [0.15, 0.2) is 0 Å². The van der Waals surface area contributed by atoms with Gasteiger partial charge in [-0.15, -0.1) is 0 Å². The number of aromatic carboxylic acids is 1. The molecule has 0 aliphatic carbocycles. The van der Waals surface area contributed by atoms with Crippen LogP contribution in [0.2, 0.25) is 0 Å². The Labute approximate surface area is 118 Å². The molecule has 0 aromatic carbocycles. The Morgan fingerprint density at radius 2 is 2.15 bits per heavy atom. The topological polar surface area (TPSA) is 69.6 Å². The Bertz CT molecular complexity index is 488. The number of likely N-dealkylation sites (tertiary alicyclic amines) is 2. The molecule has 1 unspecified atom stereocenters. The first-order chi connectivity index (χ1) is 9.74. The first-order valence-corrected chi connectivity index (χ1v) is 7.22. The first kappa shape index (κ1) is 13.5. The molecule has 20 heavy (non-hydrogen) atoms. The summed E-state index contributed by atoms with van der Waals surface area (Å²) in [7, 11) is 0. The van der Waals surface area contributed by atoms with Crippen LogP contribution in [0.5, 0.6) is 0 Å². The lowest BCUT2D eigenvalue weighted by Gasteiger charge is -2.23. The van der Waals surface area contributed by atoms with Crippen LogP contribution in [0.4, 0.5) is 0 Å². The average molecular weight is 276 g/mol. The quantitative estimate of drug-likeness (QED) is 0.879. The molecule has 2 saturated heterocycles. The van der Waals surface area contributed by atoms with Gasteiger partial charge in [0.2, 0.25) is 0 Å². The monoisotopic (exact) mass is 276 g/mol. The number of aromatic nitrogens is 2. The van der Waals surface area contributed by atoms with Crippen molar-refractivity contribution >= 4 is 5.97 Å². The van der Waals surface area contributed by atoms with E-state index in [-0.39, 0.29) is 5.56 Å². The Balaban J connectivity index is 1.63. The van der Waals surface area contributed by atoms with E-state index in [0.29, 0.717) is 18.3 Å². The van der Waals surface area contributed by atoms with Crippen LogP contribution in [0.1, 0.15) is 35.3 Å². The van der Waals surface area contributed by atoms with E-state index in [0.717, 1.165) is 13.1 Å². The molecule has 1 N–H and O–H groups in total. The fourth-order valence-corrected chi connectivity index (χ4v) is 3.23. The first-order valence-electron chi connectivity index (χ1n) is 7.22. The fraction of sp³-hybridized carbons (Fsp3) is 0.643. The molecule has 0 radical (unpaired) electrons. The molecular formula is C14H20N4O2. The van der Waals surface area contributed by atoms with Crippen LogP contribution in [0.15, 0.2) is 12.5 Å². The zero-order chi connectivity index (χ0) is 13.9. The lowest BCUT2D eigenvalue weighted by molar-refractivity contribution is 0.0693. The molecule has 1 aromatic rings. The van der Waals surface area contributed by atoms with E-state index in [2.05, 4.69) is 19.8 Å². The normalized spacial score (nSPS) is 24.3. The van der Waals surface area contributed by atoms with E-state index in [1.807, 2.05) is 0 Å². The molecule has 3 heterocycles. The highest BCUT2D eigenvalue weighted by molar-refractivity contribution is 5.88. The summed E-state index contributed by atoms with van der Waals surface area (Å²) in [6.45, 7) is 5.07. The second-order valence-corrected chi connectivity index (χ2v) is 5.61. The van der Waals surface area contributed by atoms with E-state index in [1.165, 1.54) is 44.9 Å². The summed E-state index contributed by atoms with van der Waals surface area (Å²) in [6.07, 6.45) is 6.61. The van der Waals surface area contributed by atoms with Gasteiger partial charge < -0.3 is 5.11 Å². The molecule has 2 aliphatic rings. The van der Waals surface area contributed by atoms with Crippen molar-refractivity contribution in [1.29, 1.82) is 0 Å². The molecule has 0 bridgehead atoms. The highest BCUT2D eigenvalue weighted by atomic mass is 16.4. The van der Waals surface area contributed by atoms with Crippen LogP contribution in [0, 0.1) is 0 Å². The zero-order valence-electron chi connectivity index (χ0n) is 11.5. The number of rotatable bonds is 4. The molecule has 0 saturated carbocycles. The van der Waals surface area contributed by atoms with Gasteiger partial charge in [-0.3, -0.25) is 9.80 Å². The lowest BCUT2D eigenvalue weighted by atomic mass is 10.2. The van der Waals surface area contributed by atoms with Crippen LogP contribution in [-0.4, -0.2) is 63.1 Å². The minimum Gasteiger partial charge on any atom is -0.478 e. The maximum absolute atomic E-state index is 11.2. The van der Waals surface area contributed by atoms with Gasteiger partial charge in [0.1, 0.15) is 11.9 Å². The van der Waals surface area contributed by atoms with Crippen LogP contribution in [0.25, 0.3) is 0 Å². The van der Waals surface area contributed by atoms with Gasteiger partial charge in [-0.25, -0.2) is 14.8 Å². The van der Waals surface area contributed by atoms with Crippen LogP contribution < -0.4 is 0 Å². The van der Waals surface area contributed by atoms with E-state index in [4.69, 9.17) is 5.11 Å². The van der Waals surface area contributed by atoms with Crippen LogP contribution in [0.3, 0.4) is 0 Å². The smallest absolute Gasteiger partial charge is 0.339 e. The molecule has 0 spiro atoms. The molecule has 2 fully saturated rings. The number of carboxylic acids is 1. The Morgan fingerprint density at radius 3 is 2.90 bits per heavy atom. The standard InChI is InChI=1S/C14H20N4O2/c19-14(20)12-7-15-10-16-13(12)9-17-6-3-11(8-17)18-4-1-2-5-18/h7,10-11H,1-6,8-9H2,(H,19,20). The largest absolute Gasteiger partial charge is 0.478 e. The number of hydrogen-bond acceptors (Lipinski definition) is 5. The molecule has 1 atom stereocenters. The predicted molar refractivity (Wildman–Crippen MR) is 73.5 cm³/mol. The third-order valence-corrected chi connectivity index (χ3v) is 4.30. The van der Waals surface area contributed by atoms with E-state index in [9.17, 15) is 4.79 Å². The number of nitrogens with zero attached hydrogens (tertiary/aromatic N) is 4. The molecule has 0 amide bonds. The molecule has 3 rings (SSSR count). The van der Waals surface area contributed by atoms with E-state index < -0.39 is 5.97 Å². The van der Waals surface area contributed by atoms with Crippen molar-refractivity contribution in [3.05, 3.63) is 23.8 Å². The maximum Gasteiger partial charge on any atom is 0.339 e. The Hall–Kier alpha value is -1.53. The van der Waals surface area contributed by atoms with Gasteiger partial charge in [-0.05, 0) is 32.4 Å². The van der Waals surface area contributed by atoms with Crippen molar-refractivity contribution in [2.24, 2.45) is 0 Å². The van der Waals surface area contributed by atoms with E-state index >= 15 is 0 Å². The van der Waals surface area contributed by atoms with Gasteiger partial charge in [0, 0.05) is 31.9 Å². The summed E-state index contributed by atoms with van der Waals surface area (Å²) in [4.78, 5) is 24.0. The SMILES string of the molecule is O=C(O)c1cncnc1CN1CCC(N2CCCC2)C1. The van der Waals surface area contributed by atoms with Gasteiger partial charge in [-0.1, -0.05) is 0 Å². The molecular weight excluding hydrogens is 256 g/mol. The molecule has 2 aliphatic heterocycles. The Morgan fingerprint density at radius 1 is 1.35 bits per heavy atom. The van der Waals surface area contributed by atoms with Gasteiger partial charge in [-0.2, -0.15) is 0 Å². The van der Waals surface area contributed by atoms with Crippen LogP contribution in [-0.2, 0) is 6.54 Å². The van der Waals surface area contributed by atoms with Crippen molar-refractivity contribution < 1.29 is 9.90 Å². The minimum atomic E-state index is -0.948.